The third-order valence-electron chi connectivity index (χ3n) is 6.53. The molecule has 4 rings (SSSR count). The lowest BCUT2D eigenvalue weighted by Crippen LogP contribution is -2.23. The van der Waals surface area contributed by atoms with E-state index in [1.54, 1.807) is 62.4 Å². The molecule has 5 N–H and O–H groups in total. The normalized spacial score (nSPS) is 11.2. The Morgan fingerprint density at radius 3 is 2.11 bits per heavy atom. The summed E-state index contributed by atoms with van der Waals surface area (Å²) < 4.78 is 4.91. The molecule has 0 bridgehead atoms. The van der Waals surface area contributed by atoms with Crippen LogP contribution in [0.5, 0.6) is 0 Å². The minimum atomic E-state index is -1.46. The van der Waals surface area contributed by atoms with E-state index in [0.717, 1.165) is 41.3 Å². The number of rotatable bonds is 11. The monoisotopic (exact) mass is 661 g/mol. The molecule has 1 heterocycles. The van der Waals surface area contributed by atoms with Gasteiger partial charge < -0.3 is 30.9 Å². The fourth-order valence-corrected chi connectivity index (χ4v) is 6.26. The van der Waals surface area contributed by atoms with Crippen molar-refractivity contribution in [2.45, 2.75) is 24.0 Å². The molecule has 1 unspecified atom stereocenters. The van der Waals surface area contributed by atoms with Gasteiger partial charge in [-0.05, 0) is 67.9 Å². The summed E-state index contributed by atoms with van der Waals surface area (Å²) in [6.07, 6.45) is 0. The number of thiophene rings is 1. The molecule has 0 spiro atoms. The van der Waals surface area contributed by atoms with Crippen LogP contribution in [0.25, 0.3) is 0 Å². The molecule has 3 aromatic carbocycles. The van der Waals surface area contributed by atoms with Crippen LogP contribution >= 0.6 is 23.1 Å². The zero-order valence-corrected chi connectivity index (χ0v) is 26.2. The van der Waals surface area contributed by atoms with Gasteiger partial charge in [0.2, 0.25) is 5.91 Å². The summed E-state index contributed by atoms with van der Waals surface area (Å²) in [5.74, 6) is -5.19. The van der Waals surface area contributed by atoms with Crippen molar-refractivity contribution in [3.05, 3.63) is 105 Å². The van der Waals surface area contributed by atoms with Gasteiger partial charge in [-0.25, -0.2) is 14.4 Å². The molecule has 0 aliphatic carbocycles. The first-order valence-corrected chi connectivity index (χ1v) is 15.2. The van der Waals surface area contributed by atoms with Gasteiger partial charge in [-0.1, -0.05) is 24.3 Å². The van der Waals surface area contributed by atoms with Crippen LogP contribution in [0.1, 0.15) is 63.6 Å². The van der Waals surface area contributed by atoms with Crippen LogP contribution in [0.4, 0.5) is 16.4 Å². The number of anilines is 3. The van der Waals surface area contributed by atoms with Crippen molar-refractivity contribution in [2.24, 2.45) is 0 Å². The summed E-state index contributed by atoms with van der Waals surface area (Å²) >= 11 is 2.09. The van der Waals surface area contributed by atoms with Crippen molar-refractivity contribution in [1.82, 2.24) is 0 Å². The van der Waals surface area contributed by atoms with Gasteiger partial charge in [-0.15, -0.1) is 23.1 Å². The molecule has 3 amide bonds. The van der Waals surface area contributed by atoms with Crippen LogP contribution in [0, 0.1) is 6.92 Å². The van der Waals surface area contributed by atoms with Gasteiger partial charge in [0.25, 0.3) is 11.8 Å². The van der Waals surface area contributed by atoms with Crippen molar-refractivity contribution in [3.8, 4) is 0 Å². The third kappa shape index (κ3) is 7.78. The fraction of sp³-hybridized carbons (Fsp3) is 0.125. The number of hydrogen-bond acceptors (Lipinski definition) is 9. The second kappa shape index (κ2) is 14.5. The number of nitrogens with one attached hydrogen (secondary N) is 3. The quantitative estimate of drug-likeness (QED) is 0.0962. The van der Waals surface area contributed by atoms with Gasteiger partial charge in [0, 0.05) is 16.3 Å². The summed E-state index contributed by atoms with van der Waals surface area (Å²) in [6, 6.07) is 18.4. The number of amides is 3. The first kappa shape index (κ1) is 33.4. The van der Waals surface area contributed by atoms with Gasteiger partial charge >= 0.3 is 17.9 Å². The number of ether oxygens (including phenoxy) is 1. The molecule has 14 heteroatoms. The van der Waals surface area contributed by atoms with Gasteiger partial charge in [0.1, 0.15) is 5.00 Å². The van der Waals surface area contributed by atoms with Crippen LogP contribution in [0.2, 0.25) is 0 Å². The van der Waals surface area contributed by atoms with Gasteiger partial charge in [0.05, 0.1) is 39.5 Å². The van der Waals surface area contributed by atoms with Crippen LogP contribution in [-0.2, 0) is 9.53 Å². The number of aromatic carboxylic acids is 2. The van der Waals surface area contributed by atoms with Crippen LogP contribution in [0.15, 0.2) is 77.7 Å². The van der Waals surface area contributed by atoms with Crippen molar-refractivity contribution in [1.29, 1.82) is 0 Å². The Labute approximate surface area is 270 Å². The Balaban J connectivity index is 1.48. The van der Waals surface area contributed by atoms with E-state index in [1.807, 2.05) is 6.07 Å². The van der Waals surface area contributed by atoms with E-state index in [-0.39, 0.29) is 26.6 Å². The van der Waals surface area contributed by atoms with E-state index in [9.17, 15) is 33.9 Å². The largest absolute Gasteiger partial charge is 0.478 e. The number of esters is 1. The highest BCUT2D eigenvalue weighted by Crippen LogP contribution is 2.35. The first-order chi connectivity index (χ1) is 21.9. The Hall–Kier alpha value is -5.47. The maximum absolute atomic E-state index is 13.2. The highest BCUT2D eigenvalue weighted by atomic mass is 32.2. The summed E-state index contributed by atoms with van der Waals surface area (Å²) in [7, 11) is 1.20. The number of para-hydroxylation sites is 1. The maximum Gasteiger partial charge on any atom is 0.341 e. The fourth-order valence-electron chi connectivity index (χ4n) is 4.24. The Kier molecular flexibility index (Phi) is 10.6. The van der Waals surface area contributed by atoms with E-state index in [2.05, 4.69) is 16.0 Å². The van der Waals surface area contributed by atoms with Crippen LogP contribution in [0.3, 0.4) is 0 Å². The second-order valence-corrected chi connectivity index (χ2v) is 12.1. The number of carboxylic acids is 2. The molecule has 1 atom stereocenters. The molecule has 0 aliphatic rings. The average molecular weight is 662 g/mol. The molecule has 4 aromatic rings. The molecule has 0 fully saturated rings. The minimum Gasteiger partial charge on any atom is -0.478 e. The van der Waals surface area contributed by atoms with Crippen molar-refractivity contribution < 1.29 is 43.7 Å². The predicted octanol–water partition coefficient (Wildman–Crippen LogP) is 5.86. The molecular formula is C32H27N3O9S2. The van der Waals surface area contributed by atoms with E-state index in [4.69, 9.17) is 9.84 Å². The minimum absolute atomic E-state index is 0.0677. The number of methoxy groups -OCH3 is 1. The molecule has 0 saturated heterocycles. The SMILES string of the molecule is COC(=O)c1c(NC(=O)C(C)Sc2cccc(NC(=O)c3ccc(C(=O)O)cc3C(=O)O)c2)sc(C(=O)Nc2ccccc2)c1C. The summed E-state index contributed by atoms with van der Waals surface area (Å²) in [6.45, 7) is 3.23. The number of benzene rings is 3. The number of carbonyl (C=O) groups excluding carboxylic acids is 4. The molecular weight excluding hydrogens is 634 g/mol. The lowest BCUT2D eigenvalue weighted by molar-refractivity contribution is -0.115. The van der Waals surface area contributed by atoms with E-state index in [1.165, 1.54) is 7.11 Å². The number of carbonyl (C=O) groups is 6. The molecule has 236 valence electrons. The van der Waals surface area contributed by atoms with Crippen LogP contribution in [-0.4, -0.2) is 58.2 Å². The van der Waals surface area contributed by atoms with E-state index >= 15 is 0 Å². The molecule has 12 nitrogen and oxygen atoms in total. The van der Waals surface area contributed by atoms with Crippen molar-refractivity contribution in [3.63, 3.8) is 0 Å². The standard InChI is InChI=1S/C32H27N3O9S2/c1-16-24(32(43)44-3)29(46-25(16)28(38)33-19-8-5-4-6-9-19)35-26(36)17(2)45-21-11-7-10-20(15-21)34-27(37)22-13-12-18(30(39)40)14-23(22)31(41)42/h4-15,17H,1-3H3,(H,33,38)(H,34,37)(H,35,36)(H,39,40)(H,41,42). The predicted molar refractivity (Wildman–Crippen MR) is 173 cm³/mol. The van der Waals surface area contributed by atoms with Crippen molar-refractivity contribution in [2.75, 3.05) is 23.1 Å². The van der Waals surface area contributed by atoms with Crippen molar-refractivity contribution >= 4 is 75.1 Å². The third-order valence-corrected chi connectivity index (χ3v) is 8.83. The maximum atomic E-state index is 13.2. The highest BCUT2D eigenvalue weighted by molar-refractivity contribution is 8.00. The Morgan fingerprint density at radius 1 is 0.783 bits per heavy atom. The van der Waals surface area contributed by atoms with Gasteiger partial charge in [-0.2, -0.15) is 0 Å². The molecule has 0 saturated carbocycles. The van der Waals surface area contributed by atoms with Gasteiger partial charge in [0.15, 0.2) is 0 Å². The lowest BCUT2D eigenvalue weighted by atomic mass is 10.0. The number of thioether (sulfide) groups is 1. The summed E-state index contributed by atoms with van der Waals surface area (Å²) in [4.78, 5) is 75.5. The molecule has 46 heavy (non-hydrogen) atoms. The van der Waals surface area contributed by atoms with Crippen LogP contribution < -0.4 is 16.0 Å². The lowest BCUT2D eigenvalue weighted by Gasteiger charge is -2.13. The number of carboxylic acid groups (broad SMARTS) is 2. The highest BCUT2D eigenvalue weighted by Gasteiger charge is 2.28. The molecule has 0 radical (unpaired) electrons. The summed E-state index contributed by atoms with van der Waals surface area (Å²) in [5, 5.41) is 26.2. The summed E-state index contributed by atoms with van der Waals surface area (Å²) in [5.41, 5.74) is 0.315. The van der Waals surface area contributed by atoms with E-state index < -0.39 is 46.4 Å². The first-order valence-electron chi connectivity index (χ1n) is 13.5. The second-order valence-electron chi connectivity index (χ2n) is 9.67. The molecule has 0 aliphatic heterocycles. The zero-order chi connectivity index (χ0) is 33.5. The van der Waals surface area contributed by atoms with Gasteiger partial charge in [-0.3, -0.25) is 14.4 Å². The Bertz CT molecular complexity index is 1850. The smallest absolute Gasteiger partial charge is 0.341 e. The average Bonchev–Trinajstić information content (AvgIpc) is 3.36. The topological polar surface area (TPSA) is 188 Å². The number of hydrogen-bond donors (Lipinski definition) is 5. The Morgan fingerprint density at radius 2 is 1.46 bits per heavy atom. The zero-order valence-electron chi connectivity index (χ0n) is 24.6. The van der Waals surface area contributed by atoms with E-state index in [0.29, 0.717) is 21.8 Å². The molecule has 1 aromatic heterocycles.